The summed E-state index contributed by atoms with van der Waals surface area (Å²) in [5, 5.41) is 2.65. The van der Waals surface area contributed by atoms with Crippen molar-refractivity contribution in [2.24, 2.45) is 0 Å². The maximum Gasteiger partial charge on any atom is 0.250 e. The Morgan fingerprint density at radius 1 is 0.548 bits per heavy atom. The highest BCUT2D eigenvalue weighted by Gasteiger charge is 2.46. The number of fused-ring (bicyclic) bond motifs is 8. The van der Waals surface area contributed by atoms with Crippen LogP contribution in [0.5, 0.6) is 0 Å². The second-order valence-corrected chi connectivity index (χ2v) is 12.1. The van der Waals surface area contributed by atoms with Gasteiger partial charge in [0.15, 0.2) is 0 Å². The molecule has 0 fully saturated rings. The molecule has 6 aromatic carbocycles. The molecule has 0 aliphatic carbocycles. The van der Waals surface area contributed by atoms with Crippen LogP contribution in [0.25, 0.3) is 27.5 Å². The molecular formula is C39H29BN2. The Kier molecular flexibility index (Phi) is 4.79. The zero-order chi connectivity index (χ0) is 28.0. The van der Waals surface area contributed by atoms with Gasteiger partial charge in [0.2, 0.25) is 6.71 Å². The molecule has 9 rings (SSSR count). The molecule has 0 saturated carbocycles. The van der Waals surface area contributed by atoms with Gasteiger partial charge in [-0.25, -0.2) is 0 Å². The van der Waals surface area contributed by atoms with E-state index in [1.54, 1.807) is 0 Å². The fourth-order valence-electron chi connectivity index (χ4n) is 7.88. The number of anilines is 3. The third kappa shape index (κ3) is 3.00. The average Bonchev–Trinajstić information content (AvgIpc) is 3.38. The van der Waals surface area contributed by atoms with Gasteiger partial charge in [-0.2, -0.15) is 0 Å². The Labute approximate surface area is 246 Å². The van der Waals surface area contributed by atoms with Crippen LogP contribution in [0.4, 0.5) is 17.1 Å². The summed E-state index contributed by atoms with van der Waals surface area (Å²) in [5.41, 5.74) is 14.4. The summed E-state index contributed by atoms with van der Waals surface area (Å²) >= 11 is 0. The van der Waals surface area contributed by atoms with E-state index in [0.29, 0.717) is 0 Å². The molecule has 0 saturated heterocycles. The van der Waals surface area contributed by atoms with Crippen LogP contribution < -0.4 is 21.3 Å². The van der Waals surface area contributed by atoms with Crippen molar-refractivity contribution in [2.45, 2.75) is 19.3 Å². The summed E-state index contributed by atoms with van der Waals surface area (Å²) in [4.78, 5) is 2.45. The SMILES string of the molecule is CC1(C)c2cccc(N(c3ccccc3)c3ccccc3)c2B2c3ccccc3-n3c4ccccc4c4ccc1c2c43. The summed E-state index contributed by atoms with van der Waals surface area (Å²) in [6.07, 6.45) is 0. The van der Waals surface area contributed by atoms with Crippen molar-refractivity contribution in [2.75, 3.05) is 4.90 Å². The second kappa shape index (κ2) is 8.50. The summed E-state index contributed by atoms with van der Waals surface area (Å²) < 4.78 is 2.53. The van der Waals surface area contributed by atoms with Gasteiger partial charge in [-0.15, -0.1) is 0 Å². The van der Waals surface area contributed by atoms with Crippen molar-refractivity contribution >= 4 is 62.0 Å². The van der Waals surface area contributed by atoms with Crippen molar-refractivity contribution < 1.29 is 0 Å². The minimum absolute atomic E-state index is 0.117. The highest BCUT2D eigenvalue weighted by molar-refractivity contribution is 6.99. The highest BCUT2D eigenvalue weighted by atomic mass is 15.1. The van der Waals surface area contributed by atoms with Gasteiger partial charge in [0.1, 0.15) is 0 Å². The lowest BCUT2D eigenvalue weighted by molar-refractivity contribution is 0.646. The van der Waals surface area contributed by atoms with E-state index in [1.807, 2.05) is 0 Å². The zero-order valence-electron chi connectivity index (χ0n) is 23.8. The van der Waals surface area contributed by atoms with Crippen LogP contribution in [-0.4, -0.2) is 11.3 Å². The topological polar surface area (TPSA) is 8.17 Å². The van der Waals surface area contributed by atoms with Crippen molar-refractivity contribution in [1.82, 2.24) is 4.57 Å². The largest absolute Gasteiger partial charge is 0.311 e. The monoisotopic (exact) mass is 536 g/mol. The third-order valence-corrected chi connectivity index (χ3v) is 9.64. The van der Waals surface area contributed by atoms with E-state index >= 15 is 0 Å². The molecule has 0 spiro atoms. The van der Waals surface area contributed by atoms with E-state index in [9.17, 15) is 0 Å². The highest BCUT2D eigenvalue weighted by Crippen LogP contribution is 2.43. The quantitative estimate of drug-likeness (QED) is 0.210. The van der Waals surface area contributed by atoms with E-state index in [4.69, 9.17) is 0 Å². The fraction of sp³-hybridized carbons (Fsp3) is 0.0769. The smallest absolute Gasteiger partial charge is 0.250 e. The van der Waals surface area contributed by atoms with Crippen LogP contribution in [0.2, 0.25) is 0 Å². The molecule has 0 amide bonds. The Morgan fingerprint density at radius 3 is 1.95 bits per heavy atom. The predicted molar refractivity (Wildman–Crippen MR) is 179 cm³/mol. The molecule has 3 heteroatoms. The Balaban J connectivity index is 1.45. The van der Waals surface area contributed by atoms with E-state index < -0.39 is 0 Å². The van der Waals surface area contributed by atoms with Crippen molar-refractivity contribution in [1.29, 1.82) is 0 Å². The van der Waals surface area contributed by atoms with Gasteiger partial charge in [0, 0.05) is 44.5 Å². The van der Waals surface area contributed by atoms with E-state index in [-0.39, 0.29) is 12.1 Å². The molecule has 0 bridgehead atoms. The minimum Gasteiger partial charge on any atom is -0.311 e. The molecular weight excluding hydrogens is 507 g/mol. The average molecular weight is 536 g/mol. The molecule has 2 nitrogen and oxygen atoms in total. The van der Waals surface area contributed by atoms with Crippen LogP contribution in [-0.2, 0) is 5.41 Å². The molecule has 7 aromatic rings. The molecule has 198 valence electrons. The van der Waals surface area contributed by atoms with Crippen LogP contribution in [0.1, 0.15) is 25.0 Å². The van der Waals surface area contributed by atoms with Gasteiger partial charge in [-0.3, -0.25) is 0 Å². The number of para-hydroxylation sites is 4. The molecule has 0 unspecified atom stereocenters. The number of hydrogen-bond donors (Lipinski definition) is 0. The molecule has 1 aromatic heterocycles. The maximum atomic E-state index is 2.53. The van der Waals surface area contributed by atoms with E-state index in [0.717, 1.165) is 11.4 Å². The third-order valence-electron chi connectivity index (χ3n) is 9.64. The molecule has 2 aliphatic rings. The summed E-state index contributed by atoms with van der Waals surface area (Å²) in [5.74, 6) is 0. The second-order valence-electron chi connectivity index (χ2n) is 12.1. The van der Waals surface area contributed by atoms with Crippen molar-refractivity contribution in [3.05, 3.63) is 151 Å². The van der Waals surface area contributed by atoms with Gasteiger partial charge in [0.25, 0.3) is 0 Å². The van der Waals surface area contributed by atoms with E-state index in [1.165, 1.54) is 60.7 Å². The van der Waals surface area contributed by atoms with Crippen LogP contribution >= 0.6 is 0 Å². The lowest BCUT2D eigenvalue weighted by Crippen LogP contribution is -2.63. The van der Waals surface area contributed by atoms with Gasteiger partial charge < -0.3 is 9.47 Å². The first-order valence-electron chi connectivity index (χ1n) is 14.8. The number of benzene rings is 6. The standard InChI is InChI=1S/C39H29BN2/c1-39(2)30-19-13-23-35(41(26-14-5-3-6-15-26)27-16-7-4-8-17-27)36(30)40-32-20-10-12-22-34(32)42-33-21-11-9-18-28(33)29-24-25-31(39)37(40)38(29)42/h3-25H,1-2H3. The predicted octanol–water partition coefficient (Wildman–Crippen LogP) is 7.72. The van der Waals surface area contributed by atoms with Crippen LogP contribution in [0.3, 0.4) is 0 Å². The van der Waals surface area contributed by atoms with E-state index in [2.05, 4.69) is 163 Å². The summed E-state index contributed by atoms with van der Waals surface area (Å²) in [6, 6.07) is 51.3. The first-order valence-corrected chi connectivity index (χ1v) is 14.8. The Morgan fingerprint density at radius 2 is 1.19 bits per heavy atom. The fourth-order valence-corrected chi connectivity index (χ4v) is 7.88. The molecule has 0 atom stereocenters. The summed E-state index contributed by atoms with van der Waals surface area (Å²) in [6.45, 7) is 4.93. The first-order chi connectivity index (χ1) is 20.6. The van der Waals surface area contributed by atoms with Crippen molar-refractivity contribution in [3.8, 4) is 5.69 Å². The molecule has 3 heterocycles. The number of rotatable bonds is 3. The number of aromatic nitrogens is 1. The number of nitrogens with zero attached hydrogens (tertiary/aromatic N) is 2. The molecule has 42 heavy (non-hydrogen) atoms. The molecule has 2 aliphatic heterocycles. The van der Waals surface area contributed by atoms with Gasteiger partial charge in [-0.1, -0.05) is 111 Å². The van der Waals surface area contributed by atoms with Crippen LogP contribution in [0, 0.1) is 0 Å². The lowest BCUT2D eigenvalue weighted by Gasteiger charge is -2.43. The Hall–Kier alpha value is -5.02. The maximum absolute atomic E-state index is 2.53. The van der Waals surface area contributed by atoms with Crippen molar-refractivity contribution in [3.63, 3.8) is 0 Å². The molecule has 0 N–H and O–H groups in total. The minimum atomic E-state index is -0.169. The number of hydrogen-bond acceptors (Lipinski definition) is 1. The van der Waals surface area contributed by atoms with Crippen LogP contribution in [0.15, 0.2) is 140 Å². The van der Waals surface area contributed by atoms with Gasteiger partial charge in [0.05, 0.1) is 5.52 Å². The zero-order valence-corrected chi connectivity index (χ0v) is 23.8. The molecule has 0 radical (unpaired) electrons. The normalized spacial score (nSPS) is 14.1. The lowest BCUT2D eigenvalue weighted by atomic mass is 9.30. The Bertz CT molecular complexity index is 2140. The van der Waals surface area contributed by atoms with Gasteiger partial charge in [-0.05, 0) is 70.0 Å². The first kappa shape index (κ1) is 23.7. The summed E-state index contributed by atoms with van der Waals surface area (Å²) in [7, 11) is 0. The van der Waals surface area contributed by atoms with Gasteiger partial charge >= 0.3 is 0 Å².